The summed E-state index contributed by atoms with van der Waals surface area (Å²) in [5.74, 6) is -1.69. The lowest BCUT2D eigenvalue weighted by molar-refractivity contribution is 0.102. The van der Waals surface area contributed by atoms with E-state index in [0.717, 1.165) is 12.1 Å². The first-order valence-electron chi connectivity index (χ1n) is 8.47. The lowest BCUT2D eigenvalue weighted by Gasteiger charge is -2.16. The Kier molecular flexibility index (Phi) is 6.08. The summed E-state index contributed by atoms with van der Waals surface area (Å²) in [4.78, 5) is 24.3. The topological polar surface area (TPSA) is 67.4 Å². The normalized spacial score (nSPS) is 15.1. The number of hydrogen-bond acceptors (Lipinski definition) is 3. The third kappa shape index (κ3) is 4.22. The van der Waals surface area contributed by atoms with Crippen LogP contribution in [0.4, 0.5) is 23.7 Å². The van der Waals surface area contributed by atoms with Crippen molar-refractivity contribution in [3.05, 3.63) is 63.7 Å². The van der Waals surface area contributed by atoms with Crippen LogP contribution in [0.5, 0.6) is 0 Å². The van der Waals surface area contributed by atoms with E-state index in [2.05, 4.69) is 15.4 Å². The molecule has 1 aliphatic carbocycles. The van der Waals surface area contributed by atoms with Gasteiger partial charge < -0.3 is 15.4 Å². The fraction of sp³-hybridized carbons (Fsp3) is 0.263. The van der Waals surface area contributed by atoms with Crippen molar-refractivity contribution in [2.24, 2.45) is 0 Å². The molecule has 0 aromatic heterocycles. The van der Waals surface area contributed by atoms with Gasteiger partial charge in [0.05, 0.1) is 11.1 Å². The van der Waals surface area contributed by atoms with Gasteiger partial charge >= 0.3 is 6.09 Å². The first kappa shape index (κ1) is 20.0. The van der Waals surface area contributed by atoms with Gasteiger partial charge in [-0.2, -0.15) is 0 Å². The molecule has 3 rings (SSSR count). The maximum atomic E-state index is 14.4. The van der Waals surface area contributed by atoms with Crippen LogP contribution in [0.1, 0.15) is 33.9 Å². The van der Waals surface area contributed by atoms with Gasteiger partial charge in [-0.3, -0.25) is 4.79 Å². The zero-order chi connectivity index (χ0) is 20.3. The molecule has 0 spiro atoms. The minimum absolute atomic E-state index is 0.141. The monoisotopic (exact) mass is 412 g/mol. The van der Waals surface area contributed by atoms with Crippen molar-refractivity contribution in [1.82, 2.24) is 5.32 Å². The van der Waals surface area contributed by atoms with Gasteiger partial charge in [0.15, 0.2) is 0 Å². The third-order valence-corrected chi connectivity index (χ3v) is 4.65. The van der Waals surface area contributed by atoms with Gasteiger partial charge in [0, 0.05) is 16.8 Å². The zero-order valence-electron chi connectivity index (χ0n) is 14.5. The molecule has 2 aromatic rings. The first-order chi connectivity index (χ1) is 13.4. The number of ether oxygens (including phenoxy) is 1. The van der Waals surface area contributed by atoms with Gasteiger partial charge in [-0.25, -0.2) is 18.0 Å². The van der Waals surface area contributed by atoms with Gasteiger partial charge in [0.2, 0.25) is 0 Å². The van der Waals surface area contributed by atoms with Gasteiger partial charge in [-0.1, -0.05) is 11.6 Å². The first-order valence-corrected chi connectivity index (χ1v) is 8.85. The zero-order valence-corrected chi connectivity index (χ0v) is 15.3. The number of carbonyl (C=O) groups excluding carboxylic acids is 2. The molecule has 2 amide bonds. The second-order valence-corrected chi connectivity index (χ2v) is 6.54. The molecule has 5 nitrogen and oxygen atoms in total. The molecular formula is C19H16ClF3N2O3. The predicted molar refractivity (Wildman–Crippen MR) is 97.3 cm³/mol. The van der Waals surface area contributed by atoms with Crippen LogP contribution in [0.15, 0.2) is 30.3 Å². The van der Waals surface area contributed by atoms with E-state index in [1.165, 1.54) is 18.2 Å². The SMILES string of the molecule is O=C(N[C@H]1CCc2c(C(=O)Nc3ccc(F)c(Cl)c3)ccc(F)c21)OCCF. The average molecular weight is 413 g/mol. The van der Waals surface area contributed by atoms with Crippen LogP contribution >= 0.6 is 11.6 Å². The molecule has 2 aromatic carbocycles. The highest BCUT2D eigenvalue weighted by atomic mass is 35.5. The molecule has 9 heteroatoms. The maximum absolute atomic E-state index is 14.4. The Balaban J connectivity index is 1.81. The Bertz CT molecular complexity index is 924. The van der Waals surface area contributed by atoms with Gasteiger partial charge in [0.25, 0.3) is 5.91 Å². The quantitative estimate of drug-likeness (QED) is 0.757. The molecule has 0 heterocycles. The van der Waals surface area contributed by atoms with Crippen LogP contribution in [0.2, 0.25) is 5.02 Å². The lowest BCUT2D eigenvalue weighted by Crippen LogP contribution is -2.29. The van der Waals surface area contributed by atoms with E-state index in [-0.39, 0.29) is 21.8 Å². The highest BCUT2D eigenvalue weighted by molar-refractivity contribution is 6.31. The van der Waals surface area contributed by atoms with Gasteiger partial charge in [-0.15, -0.1) is 0 Å². The maximum Gasteiger partial charge on any atom is 0.407 e. The summed E-state index contributed by atoms with van der Waals surface area (Å²) in [5, 5.41) is 4.93. The number of nitrogens with one attached hydrogen (secondary N) is 2. The molecule has 148 valence electrons. The molecule has 1 atom stereocenters. The summed E-state index contributed by atoms with van der Waals surface area (Å²) < 4.78 is 44.3. The fourth-order valence-electron chi connectivity index (χ4n) is 3.16. The van der Waals surface area contributed by atoms with Gasteiger partial charge in [-0.05, 0) is 48.7 Å². The molecule has 2 N–H and O–H groups in total. The second-order valence-electron chi connectivity index (χ2n) is 6.13. The average Bonchev–Trinajstić information content (AvgIpc) is 3.07. The van der Waals surface area contributed by atoms with Crippen molar-refractivity contribution in [2.45, 2.75) is 18.9 Å². The minimum Gasteiger partial charge on any atom is -0.447 e. The Morgan fingerprint density at radius 1 is 1.18 bits per heavy atom. The number of alkyl carbamates (subject to hydrolysis) is 1. The van der Waals surface area contributed by atoms with Crippen molar-refractivity contribution in [3.8, 4) is 0 Å². The standard InChI is InChI=1S/C19H16ClF3N2O3/c20-13-9-10(1-4-14(13)22)24-18(26)12-2-5-15(23)17-11(12)3-6-16(17)25-19(27)28-8-7-21/h1-2,4-5,9,16H,3,6-8H2,(H,24,26)(H,25,27)/t16-/m0/s1. The van der Waals surface area contributed by atoms with E-state index in [4.69, 9.17) is 11.6 Å². The number of rotatable bonds is 5. The number of amides is 2. The number of carbonyl (C=O) groups is 2. The van der Waals surface area contributed by atoms with Crippen LogP contribution < -0.4 is 10.6 Å². The van der Waals surface area contributed by atoms with E-state index < -0.39 is 43.0 Å². The van der Waals surface area contributed by atoms with E-state index in [1.807, 2.05) is 0 Å². The fourth-order valence-corrected chi connectivity index (χ4v) is 3.34. The van der Waals surface area contributed by atoms with Crippen molar-refractivity contribution >= 4 is 29.3 Å². The third-order valence-electron chi connectivity index (χ3n) is 4.36. The van der Waals surface area contributed by atoms with Crippen molar-refractivity contribution in [2.75, 3.05) is 18.6 Å². The summed E-state index contributed by atoms with van der Waals surface area (Å²) >= 11 is 5.71. The molecule has 0 fully saturated rings. The number of fused-ring (bicyclic) bond motifs is 1. The van der Waals surface area contributed by atoms with Crippen LogP contribution in [0, 0.1) is 11.6 Å². The molecule has 1 aliphatic rings. The summed E-state index contributed by atoms with van der Waals surface area (Å²) in [5.41, 5.74) is 1.18. The van der Waals surface area contributed by atoms with Crippen LogP contribution in [0.3, 0.4) is 0 Å². The largest absolute Gasteiger partial charge is 0.447 e. The Morgan fingerprint density at radius 3 is 2.64 bits per heavy atom. The van der Waals surface area contributed by atoms with Gasteiger partial charge in [0.1, 0.15) is 24.9 Å². The molecule has 0 saturated heterocycles. The van der Waals surface area contributed by atoms with Crippen LogP contribution in [-0.4, -0.2) is 25.3 Å². The molecule has 0 saturated carbocycles. The van der Waals surface area contributed by atoms with Crippen molar-refractivity contribution in [3.63, 3.8) is 0 Å². The molecule has 0 radical (unpaired) electrons. The second kappa shape index (κ2) is 8.52. The molecular weight excluding hydrogens is 397 g/mol. The van der Waals surface area contributed by atoms with Crippen LogP contribution in [0.25, 0.3) is 0 Å². The Morgan fingerprint density at radius 2 is 1.93 bits per heavy atom. The predicted octanol–water partition coefficient (Wildman–Crippen LogP) is 4.55. The highest BCUT2D eigenvalue weighted by Gasteiger charge is 2.31. The number of anilines is 1. The summed E-state index contributed by atoms with van der Waals surface area (Å²) in [6.07, 6.45) is -0.136. The number of halogens is 4. The number of hydrogen-bond donors (Lipinski definition) is 2. The minimum atomic E-state index is -0.856. The molecule has 0 unspecified atom stereocenters. The van der Waals surface area contributed by atoms with E-state index in [1.54, 1.807) is 0 Å². The molecule has 28 heavy (non-hydrogen) atoms. The smallest absolute Gasteiger partial charge is 0.407 e. The Labute approximate surface area is 163 Å². The van der Waals surface area contributed by atoms with Crippen molar-refractivity contribution in [1.29, 1.82) is 0 Å². The van der Waals surface area contributed by atoms with E-state index in [9.17, 15) is 22.8 Å². The van der Waals surface area contributed by atoms with Crippen LogP contribution in [-0.2, 0) is 11.2 Å². The highest BCUT2D eigenvalue weighted by Crippen LogP contribution is 2.36. The number of benzene rings is 2. The number of alkyl halides is 1. The summed E-state index contributed by atoms with van der Waals surface area (Å²) in [6, 6.07) is 5.54. The Hall–Kier alpha value is -2.74. The summed E-state index contributed by atoms with van der Waals surface area (Å²) in [6.45, 7) is -1.21. The molecule has 0 aliphatic heterocycles. The lowest BCUT2D eigenvalue weighted by atomic mass is 10.0. The summed E-state index contributed by atoms with van der Waals surface area (Å²) in [7, 11) is 0. The molecule has 0 bridgehead atoms. The van der Waals surface area contributed by atoms with E-state index in [0.29, 0.717) is 18.4 Å². The van der Waals surface area contributed by atoms with E-state index >= 15 is 0 Å². The van der Waals surface area contributed by atoms with Crippen molar-refractivity contribution < 1.29 is 27.5 Å².